The smallest absolute Gasteiger partial charge is 0.416 e. The van der Waals surface area contributed by atoms with Gasteiger partial charge in [0.25, 0.3) is 0 Å². The van der Waals surface area contributed by atoms with Crippen LogP contribution >= 0.6 is 0 Å². The summed E-state index contributed by atoms with van der Waals surface area (Å²) in [4.78, 5) is 3.92. The molecular weight excluding hydrogens is 361 g/mol. The first-order valence-electron chi connectivity index (χ1n) is 7.78. The molecule has 0 saturated heterocycles. The SMILES string of the molecule is Cc1cc(NC([O-])=Nc2ccc(C)cc2-c2nn[nH]n2)cc(C(F)(F)F)c1. The summed E-state index contributed by atoms with van der Waals surface area (Å²) in [5.41, 5.74) is 1.15. The van der Waals surface area contributed by atoms with E-state index in [0.29, 0.717) is 11.1 Å². The van der Waals surface area contributed by atoms with E-state index in [1.807, 2.05) is 6.92 Å². The number of benzene rings is 2. The Bertz CT molecular complexity index is 983. The van der Waals surface area contributed by atoms with E-state index in [9.17, 15) is 18.3 Å². The second-order valence-electron chi connectivity index (χ2n) is 5.88. The minimum atomic E-state index is -4.51. The lowest BCUT2D eigenvalue weighted by molar-refractivity contribution is -0.214. The Morgan fingerprint density at radius 2 is 1.89 bits per heavy atom. The lowest BCUT2D eigenvalue weighted by atomic mass is 10.1. The van der Waals surface area contributed by atoms with Crippen molar-refractivity contribution in [3.8, 4) is 11.4 Å². The van der Waals surface area contributed by atoms with Crippen molar-refractivity contribution in [2.45, 2.75) is 20.0 Å². The predicted molar refractivity (Wildman–Crippen MR) is 91.2 cm³/mol. The highest BCUT2D eigenvalue weighted by Gasteiger charge is 2.30. The number of anilines is 1. The summed E-state index contributed by atoms with van der Waals surface area (Å²) < 4.78 is 38.8. The van der Waals surface area contributed by atoms with Crippen molar-refractivity contribution in [2.24, 2.45) is 4.99 Å². The summed E-state index contributed by atoms with van der Waals surface area (Å²) in [6.45, 7) is 3.36. The van der Waals surface area contributed by atoms with Gasteiger partial charge in [-0.3, -0.25) is 0 Å². The van der Waals surface area contributed by atoms with Crippen LogP contribution in [-0.2, 0) is 6.18 Å². The number of amidine groups is 1. The number of nitrogens with zero attached hydrogens (tertiary/aromatic N) is 4. The summed E-state index contributed by atoms with van der Waals surface area (Å²) >= 11 is 0. The van der Waals surface area contributed by atoms with E-state index in [2.05, 4.69) is 30.9 Å². The Morgan fingerprint density at radius 3 is 2.56 bits per heavy atom. The average Bonchev–Trinajstić information content (AvgIpc) is 3.09. The molecule has 0 saturated carbocycles. The fourth-order valence-corrected chi connectivity index (χ4v) is 2.48. The monoisotopic (exact) mass is 375 g/mol. The third-order valence-corrected chi connectivity index (χ3v) is 3.62. The molecule has 2 aromatic carbocycles. The van der Waals surface area contributed by atoms with Gasteiger partial charge in [-0.15, -0.1) is 10.2 Å². The van der Waals surface area contributed by atoms with Crippen molar-refractivity contribution in [2.75, 3.05) is 5.32 Å². The number of aryl methyl sites for hydroxylation is 2. The van der Waals surface area contributed by atoms with Crippen LogP contribution in [0.25, 0.3) is 11.4 Å². The minimum Gasteiger partial charge on any atom is -0.846 e. The van der Waals surface area contributed by atoms with Crippen molar-refractivity contribution in [3.63, 3.8) is 0 Å². The molecule has 0 fully saturated rings. The number of tetrazole rings is 1. The van der Waals surface area contributed by atoms with Gasteiger partial charge in [-0.1, -0.05) is 11.6 Å². The Kier molecular flexibility index (Phi) is 4.80. The van der Waals surface area contributed by atoms with E-state index in [1.165, 1.54) is 13.0 Å². The number of hydrogen-bond acceptors (Lipinski definition) is 5. The number of H-pyrrole nitrogens is 1. The number of aromatic amines is 1. The highest BCUT2D eigenvalue weighted by molar-refractivity contribution is 5.89. The summed E-state index contributed by atoms with van der Waals surface area (Å²) in [5, 5.41) is 28.1. The van der Waals surface area contributed by atoms with Gasteiger partial charge in [0, 0.05) is 11.3 Å². The molecule has 0 amide bonds. The Labute approximate surface area is 152 Å². The predicted octanol–water partition coefficient (Wildman–Crippen LogP) is 2.96. The lowest BCUT2D eigenvalue weighted by Crippen LogP contribution is -2.26. The van der Waals surface area contributed by atoms with Crippen molar-refractivity contribution < 1.29 is 18.3 Å². The third kappa shape index (κ3) is 4.40. The summed E-state index contributed by atoms with van der Waals surface area (Å²) in [6.07, 6.45) is -4.51. The van der Waals surface area contributed by atoms with E-state index in [1.54, 1.807) is 18.2 Å². The molecule has 140 valence electrons. The Morgan fingerprint density at radius 1 is 1.11 bits per heavy atom. The molecule has 10 heteroatoms. The average molecular weight is 375 g/mol. The van der Waals surface area contributed by atoms with Gasteiger partial charge in [0.1, 0.15) is 0 Å². The molecule has 0 aliphatic carbocycles. The maximum Gasteiger partial charge on any atom is 0.416 e. The van der Waals surface area contributed by atoms with Crippen LogP contribution in [0.3, 0.4) is 0 Å². The third-order valence-electron chi connectivity index (χ3n) is 3.62. The molecule has 0 atom stereocenters. The number of aromatic nitrogens is 4. The minimum absolute atomic E-state index is 0.00398. The van der Waals surface area contributed by atoms with Crippen molar-refractivity contribution in [3.05, 3.63) is 53.1 Å². The molecule has 0 aliphatic rings. The van der Waals surface area contributed by atoms with E-state index >= 15 is 0 Å². The molecule has 3 aromatic rings. The van der Waals surface area contributed by atoms with Gasteiger partial charge >= 0.3 is 6.18 Å². The standard InChI is InChI=1S/C17H15F3N6O/c1-9-3-4-14(13(7-9)15-23-25-26-24-15)22-16(27)21-12-6-10(2)5-11(8-12)17(18,19)20/h3-8H,1-2H3,(H2,21,22,27)(H,23,24,25,26)/p-1. The fraction of sp³-hybridized carbons (Fsp3) is 0.176. The van der Waals surface area contributed by atoms with Crippen molar-refractivity contribution in [1.29, 1.82) is 0 Å². The van der Waals surface area contributed by atoms with Crippen molar-refractivity contribution >= 4 is 17.4 Å². The number of hydrogen-bond donors (Lipinski definition) is 2. The summed E-state index contributed by atoms with van der Waals surface area (Å²) in [6, 6.07) is 7.53. The molecule has 3 rings (SSSR count). The maximum absolute atomic E-state index is 12.9. The van der Waals surface area contributed by atoms with E-state index in [-0.39, 0.29) is 17.2 Å². The zero-order valence-electron chi connectivity index (χ0n) is 14.3. The molecule has 0 bridgehead atoms. The van der Waals surface area contributed by atoms with E-state index in [4.69, 9.17) is 0 Å². The first kappa shape index (κ1) is 18.4. The molecular formula is C17H14F3N6O-. The zero-order valence-corrected chi connectivity index (χ0v) is 14.3. The normalized spacial score (nSPS) is 12.3. The fourth-order valence-electron chi connectivity index (χ4n) is 2.48. The molecule has 1 aromatic heterocycles. The zero-order chi connectivity index (χ0) is 19.6. The van der Waals surface area contributed by atoms with Gasteiger partial charge in [0.05, 0.1) is 17.3 Å². The van der Waals surface area contributed by atoms with Gasteiger partial charge in [-0.05, 0) is 55.0 Å². The topological polar surface area (TPSA) is 102 Å². The number of nitrogens with one attached hydrogen (secondary N) is 2. The molecule has 7 nitrogen and oxygen atoms in total. The first-order chi connectivity index (χ1) is 12.7. The number of halogens is 3. The highest BCUT2D eigenvalue weighted by Crippen LogP contribution is 2.32. The van der Waals surface area contributed by atoms with Gasteiger partial charge in [0.2, 0.25) is 5.82 Å². The van der Waals surface area contributed by atoms with Crippen LogP contribution in [0, 0.1) is 13.8 Å². The second-order valence-corrected chi connectivity index (χ2v) is 5.88. The molecule has 1 heterocycles. The van der Waals surface area contributed by atoms with Crippen LogP contribution in [0.1, 0.15) is 16.7 Å². The number of aliphatic imine (C=N–C) groups is 1. The number of alkyl halides is 3. The molecule has 2 N–H and O–H groups in total. The van der Waals surface area contributed by atoms with Gasteiger partial charge in [0.15, 0.2) is 0 Å². The van der Waals surface area contributed by atoms with Crippen LogP contribution in [0.2, 0.25) is 0 Å². The molecule has 0 spiro atoms. The number of rotatable bonds is 3. The summed E-state index contributed by atoms with van der Waals surface area (Å²) in [5.74, 6) is 0.250. The van der Waals surface area contributed by atoms with Crippen molar-refractivity contribution in [1.82, 2.24) is 20.6 Å². The molecule has 0 aliphatic heterocycles. The second kappa shape index (κ2) is 7.06. The Hall–Kier alpha value is -3.43. The van der Waals surface area contributed by atoms with Gasteiger partial charge in [-0.25, -0.2) is 4.99 Å². The summed E-state index contributed by atoms with van der Waals surface area (Å²) in [7, 11) is 0. The Balaban J connectivity index is 1.93. The molecule has 0 radical (unpaired) electrons. The van der Waals surface area contributed by atoms with Gasteiger partial charge < -0.3 is 10.4 Å². The molecule has 27 heavy (non-hydrogen) atoms. The van der Waals surface area contributed by atoms with Crippen LogP contribution in [0.4, 0.5) is 24.5 Å². The molecule has 0 unspecified atom stereocenters. The van der Waals surface area contributed by atoms with Crippen LogP contribution < -0.4 is 10.4 Å². The van der Waals surface area contributed by atoms with Gasteiger partial charge in [-0.2, -0.15) is 18.4 Å². The van der Waals surface area contributed by atoms with E-state index in [0.717, 1.165) is 17.7 Å². The first-order valence-corrected chi connectivity index (χ1v) is 7.78. The van der Waals surface area contributed by atoms with Crippen LogP contribution in [0.15, 0.2) is 41.4 Å². The van der Waals surface area contributed by atoms with Crippen LogP contribution in [-0.4, -0.2) is 26.6 Å². The highest BCUT2D eigenvalue weighted by atomic mass is 19.4. The largest absolute Gasteiger partial charge is 0.846 e. The van der Waals surface area contributed by atoms with E-state index < -0.39 is 17.8 Å². The maximum atomic E-state index is 12.9. The lowest BCUT2D eigenvalue weighted by Gasteiger charge is -2.17. The quantitative estimate of drug-likeness (QED) is 0.541. The van der Waals surface area contributed by atoms with Crippen LogP contribution in [0.5, 0.6) is 0 Å².